The van der Waals surface area contributed by atoms with Gasteiger partial charge in [-0.15, -0.1) is 5.10 Å². The van der Waals surface area contributed by atoms with Crippen LogP contribution < -0.4 is 10.6 Å². The van der Waals surface area contributed by atoms with Crippen molar-refractivity contribution >= 4 is 5.95 Å². The average Bonchev–Trinajstić information content (AvgIpc) is 2.90. The first kappa shape index (κ1) is 13.1. The van der Waals surface area contributed by atoms with E-state index in [0.717, 1.165) is 37.3 Å². The van der Waals surface area contributed by atoms with Crippen molar-refractivity contribution in [1.29, 1.82) is 0 Å². The maximum atomic E-state index is 12.9. The van der Waals surface area contributed by atoms with Crippen molar-refractivity contribution in [1.82, 2.24) is 15.2 Å². The van der Waals surface area contributed by atoms with E-state index in [-0.39, 0.29) is 11.9 Å². The standard InChI is InChI=1S/C14H18FN5/c15-11-5-3-10(4-6-11)8-13-17-14(19-18-13)20-7-1-2-12(16)9-20/h3-6,12H,1-2,7-9,16H2,(H,17,18,19). The highest BCUT2D eigenvalue weighted by molar-refractivity contribution is 5.31. The molecule has 0 amide bonds. The summed E-state index contributed by atoms with van der Waals surface area (Å²) in [5.41, 5.74) is 6.97. The molecule has 1 aliphatic rings. The molecule has 5 nitrogen and oxygen atoms in total. The number of halogens is 1. The molecule has 1 atom stereocenters. The van der Waals surface area contributed by atoms with Gasteiger partial charge in [-0.25, -0.2) is 4.39 Å². The quantitative estimate of drug-likeness (QED) is 0.889. The normalized spacial score (nSPS) is 19.3. The summed E-state index contributed by atoms with van der Waals surface area (Å²) in [7, 11) is 0. The van der Waals surface area contributed by atoms with Gasteiger partial charge in [-0.1, -0.05) is 12.1 Å². The van der Waals surface area contributed by atoms with Gasteiger partial charge in [0.05, 0.1) is 0 Å². The third-order valence-corrected chi connectivity index (χ3v) is 3.55. The van der Waals surface area contributed by atoms with E-state index >= 15 is 0 Å². The topological polar surface area (TPSA) is 70.8 Å². The van der Waals surface area contributed by atoms with Gasteiger partial charge in [0.2, 0.25) is 5.95 Å². The van der Waals surface area contributed by atoms with Gasteiger partial charge < -0.3 is 10.6 Å². The van der Waals surface area contributed by atoms with E-state index in [2.05, 4.69) is 20.1 Å². The molecule has 3 rings (SSSR count). The molecule has 0 radical (unpaired) electrons. The second kappa shape index (κ2) is 5.58. The third-order valence-electron chi connectivity index (χ3n) is 3.55. The average molecular weight is 275 g/mol. The second-order valence-corrected chi connectivity index (χ2v) is 5.23. The Labute approximate surface area is 117 Å². The maximum absolute atomic E-state index is 12.9. The predicted molar refractivity (Wildman–Crippen MR) is 75.0 cm³/mol. The number of H-pyrrole nitrogens is 1. The number of piperidine rings is 1. The van der Waals surface area contributed by atoms with E-state index in [4.69, 9.17) is 5.73 Å². The van der Waals surface area contributed by atoms with Gasteiger partial charge in [0, 0.05) is 25.6 Å². The number of anilines is 1. The van der Waals surface area contributed by atoms with E-state index in [1.807, 2.05) is 0 Å². The molecule has 106 valence electrons. The summed E-state index contributed by atoms with van der Waals surface area (Å²) in [4.78, 5) is 6.61. The Hall–Kier alpha value is -1.95. The van der Waals surface area contributed by atoms with Gasteiger partial charge in [-0.3, -0.25) is 5.10 Å². The van der Waals surface area contributed by atoms with Crippen molar-refractivity contribution in [2.24, 2.45) is 5.73 Å². The lowest BCUT2D eigenvalue weighted by Gasteiger charge is -2.29. The van der Waals surface area contributed by atoms with Crippen molar-refractivity contribution in [3.8, 4) is 0 Å². The van der Waals surface area contributed by atoms with Crippen LogP contribution in [-0.2, 0) is 6.42 Å². The molecule has 0 bridgehead atoms. The minimum atomic E-state index is -0.227. The van der Waals surface area contributed by atoms with Crippen LogP contribution in [0.5, 0.6) is 0 Å². The Kier molecular flexibility index (Phi) is 3.64. The monoisotopic (exact) mass is 275 g/mol. The molecular weight excluding hydrogens is 257 g/mol. The molecule has 1 aliphatic heterocycles. The van der Waals surface area contributed by atoms with Crippen LogP contribution in [0.25, 0.3) is 0 Å². The molecule has 0 aliphatic carbocycles. The Morgan fingerprint density at radius 2 is 2.15 bits per heavy atom. The summed E-state index contributed by atoms with van der Waals surface area (Å²) in [6.45, 7) is 1.75. The molecule has 1 saturated heterocycles. The summed E-state index contributed by atoms with van der Waals surface area (Å²) >= 11 is 0. The van der Waals surface area contributed by atoms with E-state index in [1.165, 1.54) is 12.1 Å². The number of aromatic nitrogens is 3. The van der Waals surface area contributed by atoms with Gasteiger partial charge in [0.1, 0.15) is 11.6 Å². The van der Waals surface area contributed by atoms with Crippen LogP contribution in [0.2, 0.25) is 0 Å². The Morgan fingerprint density at radius 1 is 1.35 bits per heavy atom. The number of nitrogens with two attached hydrogens (primary N) is 1. The number of hydrogen-bond donors (Lipinski definition) is 2. The summed E-state index contributed by atoms with van der Waals surface area (Å²) in [5.74, 6) is 1.26. The van der Waals surface area contributed by atoms with E-state index in [0.29, 0.717) is 12.4 Å². The first-order chi connectivity index (χ1) is 9.70. The Morgan fingerprint density at radius 3 is 2.90 bits per heavy atom. The molecule has 1 aromatic heterocycles. The number of nitrogens with one attached hydrogen (secondary N) is 1. The zero-order chi connectivity index (χ0) is 13.9. The lowest BCUT2D eigenvalue weighted by molar-refractivity contribution is 0.500. The van der Waals surface area contributed by atoms with Crippen LogP contribution in [0.1, 0.15) is 24.2 Å². The highest BCUT2D eigenvalue weighted by Gasteiger charge is 2.20. The minimum Gasteiger partial charge on any atom is -0.338 e. The van der Waals surface area contributed by atoms with Crippen LogP contribution in [0.15, 0.2) is 24.3 Å². The first-order valence-electron chi connectivity index (χ1n) is 6.87. The van der Waals surface area contributed by atoms with Crippen molar-refractivity contribution in [3.63, 3.8) is 0 Å². The molecule has 0 saturated carbocycles. The van der Waals surface area contributed by atoms with Crippen molar-refractivity contribution in [3.05, 3.63) is 41.5 Å². The van der Waals surface area contributed by atoms with Crippen LogP contribution in [0.4, 0.5) is 10.3 Å². The molecule has 6 heteroatoms. The number of hydrogen-bond acceptors (Lipinski definition) is 4. The van der Waals surface area contributed by atoms with Gasteiger partial charge in [0.15, 0.2) is 0 Å². The molecule has 1 unspecified atom stereocenters. The molecule has 1 fully saturated rings. The van der Waals surface area contributed by atoms with E-state index < -0.39 is 0 Å². The number of rotatable bonds is 3. The lowest BCUT2D eigenvalue weighted by Crippen LogP contribution is -2.43. The number of benzene rings is 1. The number of nitrogens with zero attached hydrogens (tertiary/aromatic N) is 3. The zero-order valence-electron chi connectivity index (χ0n) is 11.2. The van der Waals surface area contributed by atoms with Gasteiger partial charge in [-0.05, 0) is 30.5 Å². The summed E-state index contributed by atoms with van der Waals surface area (Å²) in [6, 6.07) is 6.62. The highest BCUT2D eigenvalue weighted by Crippen LogP contribution is 2.16. The predicted octanol–water partition coefficient (Wildman–Crippen LogP) is 1.46. The van der Waals surface area contributed by atoms with Gasteiger partial charge >= 0.3 is 0 Å². The molecule has 0 spiro atoms. The minimum absolute atomic E-state index is 0.197. The fraction of sp³-hybridized carbons (Fsp3) is 0.429. The molecule has 20 heavy (non-hydrogen) atoms. The third kappa shape index (κ3) is 2.96. The van der Waals surface area contributed by atoms with E-state index in [1.54, 1.807) is 12.1 Å². The van der Waals surface area contributed by atoms with Crippen LogP contribution >= 0.6 is 0 Å². The molecular formula is C14H18FN5. The summed E-state index contributed by atoms with van der Waals surface area (Å²) in [6.07, 6.45) is 2.75. The first-order valence-corrected chi connectivity index (χ1v) is 6.87. The van der Waals surface area contributed by atoms with Crippen LogP contribution in [-0.4, -0.2) is 34.3 Å². The highest BCUT2D eigenvalue weighted by atomic mass is 19.1. The Balaban J connectivity index is 1.68. The smallest absolute Gasteiger partial charge is 0.244 e. The zero-order valence-corrected chi connectivity index (χ0v) is 11.2. The van der Waals surface area contributed by atoms with Crippen molar-refractivity contribution < 1.29 is 4.39 Å². The van der Waals surface area contributed by atoms with E-state index in [9.17, 15) is 4.39 Å². The Bertz CT molecular complexity index is 565. The van der Waals surface area contributed by atoms with Crippen LogP contribution in [0.3, 0.4) is 0 Å². The molecule has 3 N–H and O–H groups in total. The number of aromatic amines is 1. The fourth-order valence-corrected chi connectivity index (χ4v) is 2.49. The van der Waals surface area contributed by atoms with Gasteiger partial charge in [0.25, 0.3) is 0 Å². The second-order valence-electron chi connectivity index (χ2n) is 5.23. The van der Waals surface area contributed by atoms with Crippen LogP contribution in [0, 0.1) is 5.82 Å². The maximum Gasteiger partial charge on any atom is 0.244 e. The van der Waals surface area contributed by atoms with Crippen molar-refractivity contribution in [2.45, 2.75) is 25.3 Å². The SMILES string of the molecule is NC1CCCN(c2n[nH]c(Cc3ccc(F)cc3)n2)C1. The molecule has 2 heterocycles. The van der Waals surface area contributed by atoms with Crippen molar-refractivity contribution in [2.75, 3.05) is 18.0 Å². The molecule has 2 aromatic rings. The molecule has 1 aromatic carbocycles. The summed E-state index contributed by atoms with van der Waals surface area (Å²) < 4.78 is 12.9. The summed E-state index contributed by atoms with van der Waals surface area (Å²) in [5, 5.41) is 7.19. The fourth-order valence-electron chi connectivity index (χ4n) is 2.49. The lowest BCUT2D eigenvalue weighted by atomic mass is 10.1. The van der Waals surface area contributed by atoms with Gasteiger partial charge in [-0.2, -0.15) is 4.98 Å². The largest absolute Gasteiger partial charge is 0.338 e.